The molecule has 1 heterocycles. The zero-order chi connectivity index (χ0) is 19.5. The number of carbonyl (C=O) groups excluding carboxylic acids is 1. The van der Waals surface area contributed by atoms with Crippen LogP contribution in [0.1, 0.15) is 30.1 Å². The van der Waals surface area contributed by atoms with Crippen molar-refractivity contribution >= 4 is 28.3 Å². The van der Waals surface area contributed by atoms with Crippen molar-refractivity contribution in [3.8, 4) is 0 Å². The molecule has 2 aromatic rings. The van der Waals surface area contributed by atoms with Crippen LogP contribution in [0.15, 0.2) is 41.6 Å². The lowest BCUT2D eigenvalue weighted by atomic mass is 10.1. The van der Waals surface area contributed by atoms with Crippen LogP contribution < -0.4 is 10.6 Å². The molecule has 0 aliphatic rings. The molecule has 150 valence electrons. The second-order valence-corrected chi connectivity index (χ2v) is 8.41. The van der Waals surface area contributed by atoms with Crippen molar-refractivity contribution in [3.63, 3.8) is 0 Å². The summed E-state index contributed by atoms with van der Waals surface area (Å²) in [6.45, 7) is 1.85. The van der Waals surface area contributed by atoms with Crippen molar-refractivity contribution in [3.05, 3.63) is 47.8 Å². The number of hydrogen-bond donors (Lipinski definition) is 2. The van der Waals surface area contributed by atoms with Gasteiger partial charge in [0.1, 0.15) is 6.04 Å². The van der Waals surface area contributed by atoms with Crippen LogP contribution in [0.3, 0.4) is 0 Å². The molecule has 2 rings (SSSR count). The Labute approximate surface area is 166 Å². The fourth-order valence-corrected chi connectivity index (χ4v) is 3.46. The van der Waals surface area contributed by atoms with Gasteiger partial charge in [-0.3, -0.25) is 9.48 Å². The molecule has 0 radical (unpaired) electrons. The van der Waals surface area contributed by atoms with Crippen molar-refractivity contribution in [1.29, 1.82) is 0 Å². The molecule has 0 bridgehead atoms. The Kier molecular flexibility index (Phi) is 7.97. The molecule has 8 nitrogen and oxygen atoms in total. The van der Waals surface area contributed by atoms with Crippen molar-refractivity contribution in [2.75, 3.05) is 21.1 Å². The van der Waals surface area contributed by atoms with Gasteiger partial charge in [0.2, 0.25) is 15.9 Å². The van der Waals surface area contributed by atoms with Gasteiger partial charge in [0.05, 0.1) is 17.1 Å². The maximum absolute atomic E-state index is 12.6. The number of hydrogen-bond acceptors (Lipinski definition) is 5. The number of benzene rings is 1. The lowest BCUT2D eigenvalue weighted by molar-refractivity contribution is -0.123. The molecule has 2 atom stereocenters. The van der Waals surface area contributed by atoms with Gasteiger partial charge in [0.15, 0.2) is 0 Å². The Balaban J connectivity index is 0.00000364. The monoisotopic (exact) mass is 415 g/mol. The summed E-state index contributed by atoms with van der Waals surface area (Å²) in [4.78, 5) is 12.8. The number of aromatic nitrogens is 2. The number of amides is 1. The SMILES string of the molecule is CNC(C(=O)NC(C)c1ccc(S(=O)(=O)N(C)C)cc1)c1cnn(C)c1.Cl. The maximum Gasteiger partial charge on any atom is 0.242 e. The molecule has 0 aliphatic heterocycles. The van der Waals surface area contributed by atoms with E-state index in [1.165, 1.54) is 18.4 Å². The predicted molar refractivity (Wildman–Crippen MR) is 106 cm³/mol. The lowest BCUT2D eigenvalue weighted by Gasteiger charge is -2.20. The molecule has 0 aliphatic carbocycles. The van der Waals surface area contributed by atoms with Crippen LogP contribution in [0, 0.1) is 0 Å². The number of carbonyl (C=O) groups is 1. The van der Waals surface area contributed by atoms with Crippen LogP contribution >= 0.6 is 12.4 Å². The summed E-state index contributed by atoms with van der Waals surface area (Å²) in [7, 11) is 3.01. The van der Waals surface area contributed by atoms with E-state index in [1.807, 2.05) is 6.92 Å². The fraction of sp³-hybridized carbons (Fsp3) is 0.412. The molecule has 2 unspecified atom stereocenters. The molecule has 27 heavy (non-hydrogen) atoms. The van der Waals surface area contributed by atoms with E-state index in [1.54, 1.807) is 55.4 Å². The van der Waals surface area contributed by atoms with Gasteiger partial charge in [-0.25, -0.2) is 12.7 Å². The largest absolute Gasteiger partial charge is 0.348 e. The summed E-state index contributed by atoms with van der Waals surface area (Å²) in [6.07, 6.45) is 3.43. The summed E-state index contributed by atoms with van der Waals surface area (Å²) in [5.74, 6) is -0.182. The van der Waals surface area contributed by atoms with E-state index in [2.05, 4.69) is 15.7 Å². The van der Waals surface area contributed by atoms with Crippen LogP contribution in [0.2, 0.25) is 0 Å². The highest BCUT2D eigenvalue weighted by molar-refractivity contribution is 7.89. The topological polar surface area (TPSA) is 96.3 Å². The minimum Gasteiger partial charge on any atom is -0.348 e. The van der Waals surface area contributed by atoms with Gasteiger partial charge in [0.25, 0.3) is 0 Å². The van der Waals surface area contributed by atoms with E-state index >= 15 is 0 Å². The molecule has 1 aromatic heterocycles. The molecule has 1 amide bonds. The van der Waals surface area contributed by atoms with Gasteiger partial charge in [-0.1, -0.05) is 12.1 Å². The second-order valence-electron chi connectivity index (χ2n) is 6.26. The lowest BCUT2D eigenvalue weighted by Crippen LogP contribution is -2.37. The molecule has 0 fully saturated rings. The van der Waals surface area contributed by atoms with E-state index in [4.69, 9.17) is 0 Å². The van der Waals surface area contributed by atoms with E-state index in [-0.39, 0.29) is 29.3 Å². The molecule has 0 saturated carbocycles. The third-order valence-corrected chi connectivity index (χ3v) is 5.96. The quantitative estimate of drug-likeness (QED) is 0.709. The van der Waals surface area contributed by atoms with Crippen LogP contribution in [0.4, 0.5) is 0 Å². The average molecular weight is 416 g/mol. The number of sulfonamides is 1. The Bertz CT molecular complexity index is 865. The zero-order valence-electron chi connectivity index (χ0n) is 16.0. The molecule has 0 saturated heterocycles. The van der Waals surface area contributed by atoms with Gasteiger partial charge < -0.3 is 10.6 Å². The summed E-state index contributed by atoms with van der Waals surface area (Å²) >= 11 is 0. The first-order valence-corrected chi connectivity index (χ1v) is 9.59. The average Bonchev–Trinajstić information content (AvgIpc) is 3.01. The Morgan fingerprint density at radius 3 is 2.22 bits per heavy atom. The number of rotatable bonds is 7. The number of nitrogens with zero attached hydrogens (tertiary/aromatic N) is 3. The first kappa shape index (κ1) is 23.1. The number of likely N-dealkylation sites (N-methyl/N-ethyl adjacent to an activating group) is 1. The fourth-order valence-electron chi connectivity index (χ4n) is 2.56. The van der Waals surface area contributed by atoms with E-state index in [0.717, 1.165) is 11.1 Å². The first-order valence-electron chi connectivity index (χ1n) is 8.15. The highest BCUT2D eigenvalue weighted by atomic mass is 35.5. The predicted octanol–water partition coefficient (Wildman–Crippen LogP) is 1.23. The Morgan fingerprint density at radius 1 is 1.19 bits per heavy atom. The molecular formula is C17H26ClN5O3S. The maximum atomic E-state index is 12.6. The zero-order valence-corrected chi connectivity index (χ0v) is 17.6. The smallest absolute Gasteiger partial charge is 0.242 e. The minimum atomic E-state index is -3.47. The number of aryl methyl sites for hydroxylation is 1. The number of nitrogens with one attached hydrogen (secondary N) is 2. The van der Waals surface area contributed by atoms with Crippen LogP contribution in [-0.2, 0) is 21.9 Å². The standard InChI is InChI=1S/C17H25N5O3S.ClH/c1-12(13-6-8-15(9-7-13)26(24,25)21(3)4)20-17(23)16(18-2)14-10-19-22(5)11-14;/h6-12,16,18H,1-5H3,(H,20,23);1H. The van der Waals surface area contributed by atoms with Gasteiger partial charge >= 0.3 is 0 Å². The molecule has 0 spiro atoms. The van der Waals surface area contributed by atoms with Crippen LogP contribution in [0.5, 0.6) is 0 Å². The van der Waals surface area contributed by atoms with Crippen molar-refractivity contribution < 1.29 is 13.2 Å². The van der Waals surface area contributed by atoms with Gasteiger partial charge in [-0.2, -0.15) is 5.10 Å². The number of halogens is 1. The Hall–Kier alpha value is -1.94. The molecule has 10 heteroatoms. The van der Waals surface area contributed by atoms with Crippen molar-refractivity contribution in [2.24, 2.45) is 7.05 Å². The third kappa shape index (κ3) is 5.29. The molecule has 1 aromatic carbocycles. The van der Waals surface area contributed by atoms with Gasteiger partial charge in [-0.15, -0.1) is 12.4 Å². The van der Waals surface area contributed by atoms with Gasteiger partial charge in [-0.05, 0) is 31.7 Å². The molecular weight excluding hydrogens is 390 g/mol. The highest BCUT2D eigenvalue weighted by Crippen LogP contribution is 2.19. The van der Waals surface area contributed by atoms with Gasteiger partial charge in [0, 0.05) is 32.9 Å². The molecule has 2 N–H and O–H groups in total. The third-order valence-electron chi connectivity index (χ3n) is 4.13. The highest BCUT2D eigenvalue weighted by Gasteiger charge is 2.22. The van der Waals surface area contributed by atoms with E-state index in [0.29, 0.717) is 0 Å². The minimum absolute atomic E-state index is 0. The summed E-state index contributed by atoms with van der Waals surface area (Å²) in [6, 6.07) is 5.72. The Morgan fingerprint density at radius 2 is 1.78 bits per heavy atom. The normalized spacial score (nSPS) is 13.7. The first-order chi connectivity index (χ1) is 12.2. The second kappa shape index (κ2) is 9.32. The van der Waals surface area contributed by atoms with Crippen LogP contribution in [-0.4, -0.2) is 49.6 Å². The van der Waals surface area contributed by atoms with Crippen LogP contribution in [0.25, 0.3) is 0 Å². The summed E-state index contributed by atoms with van der Waals surface area (Å²) < 4.78 is 27.0. The van der Waals surface area contributed by atoms with Crippen molar-refractivity contribution in [1.82, 2.24) is 24.7 Å². The summed E-state index contributed by atoms with van der Waals surface area (Å²) in [5, 5.41) is 10.0. The summed E-state index contributed by atoms with van der Waals surface area (Å²) in [5.41, 5.74) is 1.59. The van der Waals surface area contributed by atoms with Crippen molar-refractivity contribution in [2.45, 2.75) is 23.9 Å². The van der Waals surface area contributed by atoms with E-state index in [9.17, 15) is 13.2 Å². The van der Waals surface area contributed by atoms with E-state index < -0.39 is 16.1 Å².